The van der Waals surface area contributed by atoms with E-state index in [-0.39, 0.29) is 23.0 Å². The lowest BCUT2D eigenvalue weighted by molar-refractivity contribution is -0.130. The maximum absolute atomic E-state index is 13.1. The number of anilines is 1. The van der Waals surface area contributed by atoms with E-state index in [1.807, 2.05) is 18.2 Å². The second kappa shape index (κ2) is 9.93. The number of hydrogen-bond donors (Lipinski definition) is 1. The van der Waals surface area contributed by atoms with Gasteiger partial charge in [-0.2, -0.15) is 4.31 Å². The fraction of sp³-hybridized carbons (Fsp3) is 0.364. The van der Waals surface area contributed by atoms with E-state index < -0.39 is 15.9 Å². The zero-order valence-corrected chi connectivity index (χ0v) is 19.2. The van der Waals surface area contributed by atoms with Gasteiger partial charge in [0.15, 0.2) is 5.75 Å². The number of ether oxygens (including phenoxy) is 1. The molecule has 8 nitrogen and oxygen atoms in total. The predicted octanol–water partition coefficient (Wildman–Crippen LogP) is 3.12. The summed E-state index contributed by atoms with van der Waals surface area (Å²) in [4.78, 5) is 26.1. The van der Waals surface area contributed by atoms with Crippen LogP contribution in [0.15, 0.2) is 53.4 Å². The van der Waals surface area contributed by atoms with Crippen LogP contribution in [0.3, 0.4) is 0 Å². The zero-order chi connectivity index (χ0) is 22.6. The molecule has 2 saturated heterocycles. The number of piperidine rings is 1. The Balaban J connectivity index is 1.61. The number of sulfonamides is 1. The standard InChI is InChI=1S/C22H25N3O5S2/c26-21(14-24-16-31-15-22(24)27)23-19-13-18(32(28,29)25-11-5-2-6-12-25)9-10-20(19)30-17-7-3-1-4-8-17/h1,3-4,7-10,13H,2,5-6,11-12,14-16H2,(H,23,26). The Bertz CT molecular complexity index is 1090. The Hall–Kier alpha value is -2.56. The average molecular weight is 476 g/mol. The first-order chi connectivity index (χ1) is 15.4. The van der Waals surface area contributed by atoms with Crippen molar-refractivity contribution in [3.05, 3.63) is 48.5 Å². The molecule has 2 aliphatic rings. The van der Waals surface area contributed by atoms with E-state index in [1.165, 1.54) is 33.1 Å². The van der Waals surface area contributed by atoms with E-state index in [2.05, 4.69) is 5.32 Å². The second-order valence-corrected chi connectivity index (χ2v) is 10.5. The van der Waals surface area contributed by atoms with Crippen LogP contribution >= 0.6 is 11.8 Å². The summed E-state index contributed by atoms with van der Waals surface area (Å²) >= 11 is 1.45. The molecule has 170 valence electrons. The summed E-state index contributed by atoms with van der Waals surface area (Å²) in [5, 5.41) is 2.74. The molecule has 0 spiro atoms. The summed E-state index contributed by atoms with van der Waals surface area (Å²) < 4.78 is 33.7. The van der Waals surface area contributed by atoms with Crippen LogP contribution in [0.5, 0.6) is 11.5 Å². The minimum absolute atomic E-state index is 0.0904. The third kappa shape index (κ3) is 5.25. The minimum atomic E-state index is -3.68. The zero-order valence-electron chi connectivity index (χ0n) is 17.5. The van der Waals surface area contributed by atoms with Gasteiger partial charge in [0, 0.05) is 13.1 Å². The minimum Gasteiger partial charge on any atom is -0.455 e. The smallest absolute Gasteiger partial charge is 0.244 e. The number of nitrogens with one attached hydrogen (secondary N) is 1. The molecule has 0 atom stereocenters. The second-order valence-electron chi connectivity index (χ2n) is 7.66. The number of thioether (sulfide) groups is 1. The van der Waals surface area contributed by atoms with Crippen molar-refractivity contribution < 1.29 is 22.7 Å². The van der Waals surface area contributed by atoms with Crippen molar-refractivity contribution in [2.45, 2.75) is 24.2 Å². The summed E-state index contributed by atoms with van der Waals surface area (Å²) in [5.74, 6) is 1.20. The molecule has 0 bridgehead atoms. The van der Waals surface area contributed by atoms with Crippen molar-refractivity contribution in [1.82, 2.24) is 9.21 Å². The SMILES string of the molecule is O=C(CN1CSCC1=O)Nc1cc(S(=O)(=O)N2CCCCC2)ccc1Oc1ccccc1. The Labute approximate surface area is 192 Å². The fourth-order valence-electron chi connectivity index (χ4n) is 3.63. The lowest BCUT2D eigenvalue weighted by Crippen LogP contribution is -2.36. The van der Waals surface area contributed by atoms with Crippen LogP contribution in [0, 0.1) is 0 Å². The van der Waals surface area contributed by atoms with Gasteiger partial charge in [0.05, 0.1) is 22.2 Å². The number of amides is 2. The van der Waals surface area contributed by atoms with Crippen molar-refractivity contribution in [2.24, 2.45) is 0 Å². The van der Waals surface area contributed by atoms with E-state index in [9.17, 15) is 18.0 Å². The molecule has 0 aliphatic carbocycles. The van der Waals surface area contributed by atoms with Gasteiger partial charge in [-0.3, -0.25) is 9.59 Å². The van der Waals surface area contributed by atoms with Crippen molar-refractivity contribution in [2.75, 3.05) is 36.6 Å². The van der Waals surface area contributed by atoms with E-state index in [4.69, 9.17) is 4.74 Å². The maximum Gasteiger partial charge on any atom is 0.244 e. The van der Waals surface area contributed by atoms with Crippen LogP contribution in [0.4, 0.5) is 5.69 Å². The van der Waals surface area contributed by atoms with Crippen LogP contribution in [0.25, 0.3) is 0 Å². The van der Waals surface area contributed by atoms with Crippen molar-refractivity contribution >= 4 is 39.3 Å². The molecule has 10 heteroatoms. The van der Waals surface area contributed by atoms with Gasteiger partial charge >= 0.3 is 0 Å². The highest BCUT2D eigenvalue weighted by molar-refractivity contribution is 8.00. The molecule has 32 heavy (non-hydrogen) atoms. The van der Waals surface area contributed by atoms with Crippen LogP contribution in [-0.4, -0.2) is 60.7 Å². The molecular weight excluding hydrogens is 450 g/mol. The van der Waals surface area contributed by atoms with Crippen LogP contribution < -0.4 is 10.1 Å². The molecule has 2 fully saturated rings. The molecule has 4 rings (SSSR count). The van der Waals surface area contributed by atoms with Crippen LogP contribution in [-0.2, 0) is 19.6 Å². The number of para-hydroxylation sites is 1. The van der Waals surface area contributed by atoms with Gasteiger partial charge in [-0.15, -0.1) is 11.8 Å². The Morgan fingerprint density at radius 2 is 1.81 bits per heavy atom. The summed E-state index contributed by atoms with van der Waals surface area (Å²) in [6, 6.07) is 13.5. The Morgan fingerprint density at radius 3 is 2.50 bits per heavy atom. The Morgan fingerprint density at radius 1 is 1.06 bits per heavy atom. The number of hydrogen-bond acceptors (Lipinski definition) is 6. The van der Waals surface area contributed by atoms with Gasteiger partial charge in [-0.1, -0.05) is 24.6 Å². The van der Waals surface area contributed by atoms with E-state index in [0.29, 0.717) is 36.2 Å². The van der Waals surface area contributed by atoms with Crippen LogP contribution in [0.1, 0.15) is 19.3 Å². The molecule has 2 aromatic carbocycles. The number of rotatable bonds is 7. The molecule has 0 unspecified atom stereocenters. The fourth-order valence-corrected chi connectivity index (χ4v) is 6.08. The van der Waals surface area contributed by atoms with Gasteiger partial charge in [0.2, 0.25) is 21.8 Å². The number of carbonyl (C=O) groups is 2. The van der Waals surface area contributed by atoms with E-state index in [0.717, 1.165) is 19.3 Å². The number of carbonyl (C=O) groups excluding carboxylic acids is 2. The predicted molar refractivity (Wildman–Crippen MR) is 123 cm³/mol. The molecule has 0 saturated carbocycles. The van der Waals surface area contributed by atoms with Gasteiger partial charge < -0.3 is 15.0 Å². The maximum atomic E-state index is 13.1. The van der Waals surface area contributed by atoms with E-state index in [1.54, 1.807) is 18.2 Å². The largest absolute Gasteiger partial charge is 0.455 e. The van der Waals surface area contributed by atoms with Gasteiger partial charge in [-0.05, 0) is 43.2 Å². The molecule has 0 aromatic heterocycles. The number of benzene rings is 2. The third-order valence-electron chi connectivity index (χ3n) is 5.31. The summed E-state index contributed by atoms with van der Waals surface area (Å²) in [7, 11) is -3.68. The van der Waals surface area contributed by atoms with Gasteiger partial charge in [0.1, 0.15) is 12.3 Å². The first-order valence-corrected chi connectivity index (χ1v) is 13.1. The molecule has 0 radical (unpaired) electrons. The Kier molecular flexibility index (Phi) is 7.02. The lowest BCUT2D eigenvalue weighted by Gasteiger charge is -2.26. The summed E-state index contributed by atoms with van der Waals surface area (Å²) in [6.07, 6.45) is 2.69. The topological polar surface area (TPSA) is 96.0 Å². The first kappa shape index (κ1) is 22.6. The molecular formula is C22H25N3O5S2. The molecule has 2 aliphatic heterocycles. The number of nitrogens with zero attached hydrogens (tertiary/aromatic N) is 2. The summed E-state index contributed by atoms with van der Waals surface area (Å²) in [6.45, 7) is 0.877. The van der Waals surface area contributed by atoms with Crippen molar-refractivity contribution in [1.29, 1.82) is 0 Å². The van der Waals surface area contributed by atoms with Gasteiger partial charge in [0.25, 0.3) is 0 Å². The van der Waals surface area contributed by atoms with Gasteiger partial charge in [-0.25, -0.2) is 8.42 Å². The third-order valence-corrected chi connectivity index (χ3v) is 8.15. The lowest BCUT2D eigenvalue weighted by atomic mass is 10.2. The monoisotopic (exact) mass is 475 g/mol. The highest BCUT2D eigenvalue weighted by atomic mass is 32.2. The molecule has 1 N–H and O–H groups in total. The molecule has 2 heterocycles. The van der Waals surface area contributed by atoms with Crippen molar-refractivity contribution in [3.8, 4) is 11.5 Å². The quantitative estimate of drug-likeness (QED) is 0.661. The van der Waals surface area contributed by atoms with Crippen molar-refractivity contribution in [3.63, 3.8) is 0 Å². The van der Waals surface area contributed by atoms with E-state index >= 15 is 0 Å². The molecule has 2 amide bonds. The normalized spacial score (nSPS) is 17.4. The summed E-state index contributed by atoms with van der Waals surface area (Å²) in [5.41, 5.74) is 0.247. The first-order valence-electron chi connectivity index (χ1n) is 10.5. The highest BCUT2D eigenvalue weighted by Gasteiger charge is 2.28. The molecule has 2 aromatic rings. The highest BCUT2D eigenvalue weighted by Crippen LogP contribution is 2.33. The average Bonchev–Trinajstić information content (AvgIpc) is 3.20. The van der Waals surface area contributed by atoms with Crippen LogP contribution in [0.2, 0.25) is 0 Å².